The molecule has 0 amide bonds. The Kier molecular flexibility index (Phi) is 2.87. The lowest BCUT2D eigenvalue weighted by atomic mass is 10.2. The molecule has 2 heteroatoms. The Morgan fingerprint density at radius 1 is 1.50 bits per heavy atom. The number of hydrogen-bond acceptors (Lipinski definition) is 1. The Bertz CT molecular complexity index is 116. The molecule has 0 spiro atoms. The smallest absolute Gasteiger partial charge is 0.125 e. The number of nitrogens with zero attached hydrogens (tertiary/aromatic N) is 1. The van der Waals surface area contributed by atoms with Gasteiger partial charge in [0.1, 0.15) is 6.17 Å². The monoisotopic (exact) mass is 143 g/mol. The van der Waals surface area contributed by atoms with Gasteiger partial charge in [-0.1, -0.05) is 19.1 Å². The predicted octanol–water partition coefficient (Wildman–Crippen LogP) is 1.61. The standard InChI is InChI=1S/C8H14FN/c1-2-3-4-5-10-6-8(9)7-10/h3-4,8H,2,5-7H2,1H3/b4-3+. The highest BCUT2D eigenvalue weighted by Gasteiger charge is 2.24. The highest BCUT2D eigenvalue weighted by molar-refractivity contribution is 4.89. The summed E-state index contributed by atoms with van der Waals surface area (Å²) in [5.74, 6) is 0. The van der Waals surface area contributed by atoms with Crippen molar-refractivity contribution >= 4 is 0 Å². The van der Waals surface area contributed by atoms with Crippen molar-refractivity contribution in [1.29, 1.82) is 0 Å². The zero-order valence-electron chi connectivity index (χ0n) is 6.39. The van der Waals surface area contributed by atoms with Gasteiger partial charge in [0.2, 0.25) is 0 Å². The number of likely N-dealkylation sites (tertiary alicyclic amines) is 1. The normalized spacial score (nSPS) is 21.8. The molecule has 0 aliphatic carbocycles. The summed E-state index contributed by atoms with van der Waals surface area (Å²) in [5, 5.41) is 0. The Labute approximate surface area is 61.5 Å². The van der Waals surface area contributed by atoms with Gasteiger partial charge in [-0.2, -0.15) is 0 Å². The third-order valence-corrected chi connectivity index (χ3v) is 1.68. The van der Waals surface area contributed by atoms with Crippen molar-refractivity contribution < 1.29 is 4.39 Å². The van der Waals surface area contributed by atoms with Gasteiger partial charge in [0.05, 0.1) is 0 Å². The molecule has 0 atom stereocenters. The van der Waals surface area contributed by atoms with Gasteiger partial charge in [0.25, 0.3) is 0 Å². The van der Waals surface area contributed by atoms with Crippen LogP contribution in [0.1, 0.15) is 13.3 Å². The number of halogens is 1. The molecule has 1 saturated heterocycles. The van der Waals surface area contributed by atoms with E-state index in [9.17, 15) is 4.39 Å². The first kappa shape index (κ1) is 7.73. The van der Waals surface area contributed by atoms with E-state index in [1.54, 1.807) is 0 Å². The third kappa shape index (κ3) is 2.10. The maximum atomic E-state index is 12.2. The van der Waals surface area contributed by atoms with Gasteiger partial charge in [-0.15, -0.1) is 0 Å². The van der Waals surface area contributed by atoms with Crippen LogP contribution in [0.4, 0.5) is 4.39 Å². The Morgan fingerprint density at radius 3 is 2.70 bits per heavy atom. The van der Waals surface area contributed by atoms with Crippen molar-refractivity contribution in [1.82, 2.24) is 4.90 Å². The van der Waals surface area contributed by atoms with Gasteiger partial charge >= 0.3 is 0 Å². The molecule has 0 saturated carbocycles. The fourth-order valence-corrected chi connectivity index (χ4v) is 1.05. The molecule has 0 N–H and O–H groups in total. The topological polar surface area (TPSA) is 3.24 Å². The minimum atomic E-state index is -0.560. The molecular formula is C8H14FN. The van der Waals surface area contributed by atoms with Gasteiger partial charge in [-0.25, -0.2) is 4.39 Å². The van der Waals surface area contributed by atoms with E-state index >= 15 is 0 Å². The average Bonchev–Trinajstić information content (AvgIpc) is 1.85. The van der Waals surface area contributed by atoms with E-state index in [2.05, 4.69) is 24.0 Å². The summed E-state index contributed by atoms with van der Waals surface area (Å²) in [7, 11) is 0. The van der Waals surface area contributed by atoms with Crippen LogP contribution in [0.5, 0.6) is 0 Å². The fraction of sp³-hybridized carbons (Fsp3) is 0.750. The maximum Gasteiger partial charge on any atom is 0.125 e. The SMILES string of the molecule is CC/C=C/CN1CC(F)C1. The molecule has 58 valence electrons. The number of alkyl halides is 1. The van der Waals surface area contributed by atoms with E-state index in [-0.39, 0.29) is 0 Å². The van der Waals surface area contributed by atoms with Gasteiger partial charge in [0, 0.05) is 19.6 Å². The molecule has 0 radical (unpaired) electrons. The third-order valence-electron chi connectivity index (χ3n) is 1.68. The van der Waals surface area contributed by atoms with Crippen LogP contribution in [0.25, 0.3) is 0 Å². The molecule has 0 aromatic carbocycles. The van der Waals surface area contributed by atoms with Crippen LogP contribution in [-0.4, -0.2) is 30.7 Å². The van der Waals surface area contributed by atoms with Crippen LogP contribution in [0.3, 0.4) is 0 Å². The predicted molar refractivity (Wildman–Crippen MR) is 40.8 cm³/mol. The summed E-state index contributed by atoms with van der Waals surface area (Å²) in [4.78, 5) is 2.09. The lowest BCUT2D eigenvalue weighted by Crippen LogP contribution is -2.48. The molecule has 0 bridgehead atoms. The van der Waals surface area contributed by atoms with E-state index in [0.29, 0.717) is 13.1 Å². The molecule has 1 fully saturated rings. The van der Waals surface area contributed by atoms with Gasteiger partial charge < -0.3 is 0 Å². The van der Waals surface area contributed by atoms with Crippen molar-refractivity contribution in [3.05, 3.63) is 12.2 Å². The first-order valence-corrected chi connectivity index (χ1v) is 3.84. The summed E-state index contributed by atoms with van der Waals surface area (Å²) < 4.78 is 12.2. The van der Waals surface area contributed by atoms with Crippen LogP contribution >= 0.6 is 0 Å². The minimum absolute atomic E-state index is 0.560. The van der Waals surface area contributed by atoms with E-state index in [4.69, 9.17) is 0 Å². The van der Waals surface area contributed by atoms with Crippen molar-refractivity contribution in [3.8, 4) is 0 Å². The van der Waals surface area contributed by atoms with E-state index in [1.807, 2.05) is 0 Å². The minimum Gasteiger partial charge on any atom is -0.294 e. The number of hydrogen-bond donors (Lipinski definition) is 0. The van der Waals surface area contributed by atoms with Crippen molar-refractivity contribution in [3.63, 3.8) is 0 Å². The highest BCUT2D eigenvalue weighted by atomic mass is 19.1. The van der Waals surface area contributed by atoms with Crippen LogP contribution < -0.4 is 0 Å². The largest absolute Gasteiger partial charge is 0.294 e. The maximum absolute atomic E-state index is 12.2. The lowest BCUT2D eigenvalue weighted by Gasteiger charge is -2.33. The molecule has 10 heavy (non-hydrogen) atoms. The lowest BCUT2D eigenvalue weighted by molar-refractivity contribution is 0.0771. The number of allylic oxidation sites excluding steroid dienone is 1. The zero-order chi connectivity index (χ0) is 7.40. The molecule has 0 unspecified atom stereocenters. The van der Waals surface area contributed by atoms with Gasteiger partial charge in [-0.3, -0.25) is 4.90 Å². The second-order valence-electron chi connectivity index (χ2n) is 2.70. The molecule has 1 nitrogen and oxygen atoms in total. The second kappa shape index (κ2) is 3.71. The van der Waals surface area contributed by atoms with Crippen LogP contribution in [0, 0.1) is 0 Å². The molecule has 1 rings (SSSR count). The van der Waals surface area contributed by atoms with Crippen molar-refractivity contribution in [2.24, 2.45) is 0 Å². The van der Waals surface area contributed by atoms with Crippen LogP contribution in [-0.2, 0) is 0 Å². The summed E-state index contributed by atoms with van der Waals surface area (Å²) in [6, 6.07) is 0. The second-order valence-corrected chi connectivity index (χ2v) is 2.70. The average molecular weight is 143 g/mol. The van der Waals surface area contributed by atoms with E-state index < -0.39 is 6.17 Å². The molecule has 1 aliphatic heterocycles. The molecule has 1 heterocycles. The highest BCUT2D eigenvalue weighted by Crippen LogP contribution is 2.09. The Balaban J connectivity index is 2.00. The summed E-state index contributed by atoms with van der Waals surface area (Å²) in [5.41, 5.74) is 0. The van der Waals surface area contributed by atoms with Crippen LogP contribution in [0.2, 0.25) is 0 Å². The van der Waals surface area contributed by atoms with Gasteiger partial charge in [0.15, 0.2) is 0 Å². The summed E-state index contributed by atoms with van der Waals surface area (Å²) >= 11 is 0. The molecular weight excluding hydrogens is 129 g/mol. The first-order chi connectivity index (χ1) is 4.83. The van der Waals surface area contributed by atoms with Crippen LogP contribution in [0.15, 0.2) is 12.2 Å². The summed E-state index contributed by atoms with van der Waals surface area (Å²) in [6.45, 7) is 4.29. The molecule has 0 aromatic rings. The molecule has 1 aliphatic rings. The fourth-order valence-electron chi connectivity index (χ4n) is 1.05. The van der Waals surface area contributed by atoms with Crippen molar-refractivity contribution in [2.45, 2.75) is 19.5 Å². The zero-order valence-corrected chi connectivity index (χ0v) is 6.39. The number of rotatable bonds is 3. The van der Waals surface area contributed by atoms with E-state index in [1.165, 1.54) is 0 Å². The summed E-state index contributed by atoms with van der Waals surface area (Å²) in [6.07, 6.45) is 4.74. The first-order valence-electron chi connectivity index (χ1n) is 3.84. The van der Waals surface area contributed by atoms with E-state index in [0.717, 1.165) is 13.0 Å². The van der Waals surface area contributed by atoms with Crippen molar-refractivity contribution in [2.75, 3.05) is 19.6 Å². The van der Waals surface area contributed by atoms with Gasteiger partial charge in [-0.05, 0) is 6.42 Å². The molecule has 0 aromatic heterocycles. The Hall–Kier alpha value is -0.370. The Morgan fingerprint density at radius 2 is 2.20 bits per heavy atom. The quantitative estimate of drug-likeness (QED) is 0.542.